The first-order valence-electron chi connectivity index (χ1n) is 6.18. The highest BCUT2D eigenvalue weighted by Gasteiger charge is 2.19. The smallest absolute Gasteiger partial charge is 0.185 e. The lowest BCUT2D eigenvalue weighted by Crippen LogP contribution is -2.46. The van der Waals surface area contributed by atoms with Crippen molar-refractivity contribution in [3.63, 3.8) is 0 Å². The molecule has 19 heavy (non-hydrogen) atoms. The molecule has 0 atom stereocenters. The number of halogens is 1. The van der Waals surface area contributed by atoms with Gasteiger partial charge in [-0.25, -0.2) is 9.37 Å². The molecule has 1 saturated heterocycles. The minimum Gasteiger partial charge on any atom is -0.399 e. The lowest BCUT2D eigenvalue weighted by molar-refractivity contribution is 0.621. The van der Waals surface area contributed by atoms with E-state index in [9.17, 15) is 4.39 Å². The van der Waals surface area contributed by atoms with Gasteiger partial charge < -0.3 is 15.5 Å². The monoisotopic (exact) mass is 278 g/mol. The van der Waals surface area contributed by atoms with Gasteiger partial charge in [-0.2, -0.15) is 0 Å². The number of nitrogens with two attached hydrogens (primary N) is 1. The summed E-state index contributed by atoms with van der Waals surface area (Å²) in [5.41, 5.74) is 7.01. The molecule has 1 aliphatic heterocycles. The third-order valence-corrected chi connectivity index (χ3v) is 4.07. The van der Waals surface area contributed by atoms with Crippen LogP contribution in [0.1, 0.15) is 0 Å². The first kappa shape index (κ1) is 12.2. The summed E-state index contributed by atoms with van der Waals surface area (Å²) < 4.78 is 13.4. The van der Waals surface area contributed by atoms with Gasteiger partial charge in [-0.05, 0) is 18.2 Å². The second-order valence-electron chi connectivity index (χ2n) is 4.53. The number of hydrogen-bond acceptors (Lipinski definition) is 5. The van der Waals surface area contributed by atoms with Crippen LogP contribution in [-0.4, -0.2) is 31.2 Å². The average Bonchev–Trinajstić information content (AvgIpc) is 2.91. The van der Waals surface area contributed by atoms with Crippen LogP contribution in [0.25, 0.3) is 0 Å². The lowest BCUT2D eigenvalue weighted by atomic mass is 10.2. The molecule has 100 valence electrons. The van der Waals surface area contributed by atoms with Gasteiger partial charge in [-0.1, -0.05) is 0 Å². The molecule has 0 bridgehead atoms. The minimum absolute atomic E-state index is 0.280. The fraction of sp³-hybridized carbons (Fsp3) is 0.308. The Morgan fingerprint density at radius 3 is 2.47 bits per heavy atom. The van der Waals surface area contributed by atoms with E-state index in [0.717, 1.165) is 37.0 Å². The van der Waals surface area contributed by atoms with Crippen molar-refractivity contribution in [3.8, 4) is 0 Å². The minimum atomic E-state index is -0.280. The molecule has 2 N–H and O–H groups in total. The van der Waals surface area contributed by atoms with Crippen LogP contribution < -0.4 is 15.5 Å². The zero-order valence-electron chi connectivity index (χ0n) is 10.4. The van der Waals surface area contributed by atoms with E-state index in [0.29, 0.717) is 5.69 Å². The predicted octanol–water partition coefficient (Wildman–Crippen LogP) is 2.19. The van der Waals surface area contributed by atoms with E-state index in [1.807, 2.05) is 17.6 Å². The fourth-order valence-corrected chi connectivity index (χ4v) is 3.00. The van der Waals surface area contributed by atoms with Gasteiger partial charge in [0.2, 0.25) is 0 Å². The van der Waals surface area contributed by atoms with E-state index < -0.39 is 0 Å². The molecule has 1 fully saturated rings. The first-order chi connectivity index (χ1) is 9.22. The van der Waals surface area contributed by atoms with Gasteiger partial charge in [0.25, 0.3) is 0 Å². The van der Waals surface area contributed by atoms with Crippen LogP contribution in [0.2, 0.25) is 0 Å². The molecule has 2 heterocycles. The summed E-state index contributed by atoms with van der Waals surface area (Å²) in [7, 11) is 0. The van der Waals surface area contributed by atoms with Crippen molar-refractivity contribution < 1.29 is 4.39 Å². The molecule has 0 aliphatic carbocycles. The molecule has 2 aromatic rings. The molecule has 0 saturated carbocycles. The SMILES string of the molecule is Nc1cc(F)cc(N2CCN(c3nccs3)CC2)c1. The number of thiazole rings is 1. The van der Waals surface area contributed by atoms with Gasteiger partial charge in [0.15, 0.2) is 5.13 Å². The molecular formula is C13H15FN4S. The highest BCUT2D eigenvalue weighted by atomic mass is 32.1. The van der Waals surface area contributed by atoms with Crippen LogP contribution in [0.4, 0.5) is 20.9 Å². The highest BCUT2D eigenvalue weighted by Crippen LogP contribution is 2.24. The lowest BCUT2D eigenvalue weighted by Gasteiger charge is -2.36. The third kappa shape index (κ3) is 2.63. The standard InChI is InChI=1S/C13H15FN4S/c14-10-7-11(15)9-12(8-10)17-2-4-18(5-3-17)13-16-1-6-19-13/h1,6-9H,2-5,15H2. The van der Waals surface area contributed by atoms with Gasteiger partial charge in [0, 0.05) is 49.1 Å². The number of nitrogen functional groups attached to an aromatic ring is 1. The van der Waals surface area contributed by atoms with E-state index in [1.54, 1.807) is 11.3 Å². The first-order valence-corrected chi connectivity index (χ1v) is 7.06. The largest absolute Gasteiger partial charge is 0.399 e. The summed E-state index contributed by atoms with van der Waals surface area (Å²) in [6.45, 7) is 3.48. The molecule has 3 rings (SSSR count). The normalized spacial score (nSPS) is 15.8. The summed E-state index contributed by atoms with van der Waals surface area (Å²) in [4.78, 5) is 8.72. The summed E-state index contributed by atoms with van der Waals surface area (Å²) >= 11 is 1.65. The van der Waals surface area contributed by atoms with Crippen molar-refractivity contribution in [2.45, 2.75) is 0 Å². The summed E-state index contributed by atoms with van der Waals surface area (Å²) in [5.74, 6) is -0.280. The molecular weight excluding hydrogens is 263 g/mol. The van der Waals surface area contributed by atoms with Gasteiger partial charge >= 0.3 is 0 Å². The predicted molar refractivity (Wildman–Crippen MR) is 77.4 cm³/mol. The van der Waals surface area contributed by atoms with Crippen molar-refractivity contribution in [1.29, 1.82) is 0 Å². The molecule has 0 radical (unpaired) electrons. The summed E-state index contributed by atoms with van der Waals surface area (Å²) in [5, 5.41) is 3.04. The molecule has 4 nitrogen and oxygen atoms in total. The second-order valence-corrected chi connectivity index (χ2v) is 5.40. The third-order valence-electron chi connectivity index (χ3n) is 3.24. The number of aromatic nitrogens is 1. The number of rotatable bonds is 2. The van der Waals surface area contributed by atoms with E-state index in [1.165, 1.54) is 12.1 Å². The number of benzene rings is 1. The Morgan fingerprint density at radius 1 is 1.11 bits per heavy atom. The molecule has 0 amide bonds. The van der Waals surface area contributed by atoms with Crippen LogP contribution in [0.5, 0.6) is 0 Å². The molecule has 0 spiro atoms. The Bertz CT molecular complexity index is 530. The molecule has 1 aromatic heterocycles. The molecule has 0 unspecified atom stereocenters. The maximum Gasteiger partial charge on any atom is 0.185 e. The number of anilines is 3. The van der Waals surface area contributed by atoms with Crippen molar-refractivity contribution >= 4 is 27.8 Å². The summed E-state index contributed by atoms with van der Waals surface area (Å²) in [6.07, 6.45) is 1.82. The quantitative estimate of drug-likeness (QED) is 0.855. The maximum atomic E-state index is 13.4. The van der Waals surface area contributed by atoms with Gasteiger partial charge in [0.1, 0.15) is 5.82 Å². The topological polar surface area (TPSA) is 45.4 Å². The fourth-order valence-electron chi connectivity index (χ4n) is 2.31. The Hall–Kier alpha value is -1.82. The van der Waals surface area contributed by atoms with Crippen LogP contribution in [-0.2, 0) is 0 Å². The van der Waals surface area contributed by atoms with Crippen LogP contribution in [0.3, 0.4) is 0 Å². The second kappa shape index (κ2) is 5.05. The van der Waals surface area contributed by atoms with Gasteiger partial charge in [0.05, 0.1) is 0 Å². The van der Waals surface area contributed by atoms with Gasteiger partial charge in [-0.3, -0.25) is 0 Å². The number of nitrogens with zero attached hydrogens (tertiary/aromatic N) is 3. The molecule has 1 aliphatic rings. The van der Waals surface area contributed by atoms with Crippen LogP contribution in [0.15, 0.2) is 29.8 Å². The van der Waals surface area contributed by atoms with E-state index >= 15 is 0 Å². The number of hydrogen-bond donors (Lipinski definition) is 1. The Balaban J connectivity index is 1.70. The maximum absolute atomic E-state index is 13.4. The zero-order valence-corrected chi connectivity index (χ0v) is 11.2. The van der Waals surface area contributed by atoms with Crippen LogP contribution in [0, 0.1) is 5.82 Å². The zero-order chi connectivity index (χ0) is 13.2. The Morgan fingerprint density at radius 2 is 1.84 bits per heavy atom. The van der Waals surface area contributed by atoms with E-state index in [-0.39, 0.29) is 5.82 Å². The Kier molecular flexibility index (Phi) is 3.25. The van der Waals surface area contributed by atoms with Crippen LogP contribution >= 0.6 is 11.3 Å². The van der Waals surface area contributed by atoms with Gasteiger partial charge in [-0.15, -0.1) is 11.3 Å². The van der Waals surface area contributed by atoms with Crippen molar-refractivity contribution in [1.82, 2.24) is 4.98 Å². The van der Waals surface area contributed by atoms with E-state index in [4.69, 9.17) is 5.73 Å². The highest BCUT2D eigenvalue weighted by molar-refractivity contribution is 7.13. The Labute approximate surface area is 115 Å². The molecule has 6 heteroatoms. The molecule has 1 aromatic carbocycles. The van der Waals surface area contributed by atoms with Crippen molar-refractivity contribution in [3.05, 3.63) is 35.6 Å². The summed E-state index contributed by atoms with van der Waals surface area (Å²) in [6, 6.07) is 4.70. The van der Waals surface area contributed by atoms with E-state index in [2.05, 4.69) is 14.8 Å². The average molecular weight is 278 g/mol. The van der Waals surface area contributed by atoms with Crippen molar-refractivity contribution in [2.24, 2.45) is 0 Å². The van der Waals surface area contributed by atoms with Crippen molar-refractivity contribution in [2.75, 3.05) is 41.7 Å². The number of piperazine rings is 1.